The molecule has 1 N–H and O–H groups in total. The molecular weight excluding hydrogens is 252 g/mol. The summed E-state index contributed by atoms with van der Waals surface area (Å²) in [7, 11) is 0. The van der Waals surface area contributed by atoms with Crippen molar-refractivity contribution < 1.29 is 0 Å². The molecule has 0 radical (unpaired) electrons. The van der Waals surface area contributed by atoms with Gasteiger partial charge in [-0.3, -0.25) is 0 Å². The number of aromatic nitrogens is 1. The third-order valence-electron chi connectivity index (χ3n) is 3.72. The van der Waals surface area contributed by atoms with E-state index in [1.165, 1.54) is 23.4 Å². The van der Waals surface area contributed by atoms with E-state index in [0.29, 0.717) is 12.0 Å². The van der Waals surface area contributed by atoms with Crippen LogP contribution in [0.2, 0.25) is 0 Å². The van der Waals surface area contributed by atoms with Crippen LogP contribution in [0.3, 0.4) is 0 Å². The molecule has 1 aliphatic rings. The van der Waals surface area contributed by atoms with Gasteiger partial charge in [-0.2, -0.15) is 0 Å². The molecule has 2 atom stereocenters. The highest BCUT2D eigenvalue weighted by atomic mass is 32.1. The van der Waals surface area contributed by atoms with Gasteiger partial charge in [-0.05, 0) is 30.7 Å². The third kappa shape index (κ3) is 3.43. The van der Waals surface area contributed by atoms with E-state index in [4.69, 9.17) is 0 Å². The van der Waals surface area contributed by atoms with Crippen molar-refractivity contribution in [3.05, 3.63) is 52.5 Å². The summed E-state index contributed by atoms with van der Waals surface area (Å²) in [5, 5.41) is 7.05. The van der Waals surface area contributed by atoms with Gasteiger partial charge in [0, 0.05) is 17.6 Å². The maximum absolute atomic E-state index is 4.50. The van der Waals surface area contributed by atoms with Crippen molar-refractivity contribution in [3.8, 4) is 0 Å². The molecule has 2 aromatic rings. The normalized spacial score (nSPS) is 18.2. The van der Waals surface area contributed by atoms with Crippen LogP contribution in [-0.2, 0) is 0 Å². The molecule has 1 aromatic carbocycles. The van der Waals surface area contributed by atoms with Crippen molar-refractivity contribution in [3.63, 3.8) is 0 Å². The Morgan fingerprint density at radius 2 is 2.11 bits per heavy atom. The van der Waals surface area contributed by atoms with E-state index in [1.807, 2.05) is 6.20 Å². The zero-order valence-corrected chi connectivity index (χ0v) is 12.1. The number of hydrogen-bond donors (Lipinski definition) is 1. The van der Waals surface area contributed by atoms with Crippen molar-refractivity contribution in [1.82, 2.24) is 10.3 Å². The van der Waals surface area contributed by atoms with Crippen LogP contribution < -0.4 is 5.32 Å². The number of thiazole rings is 1. The first-order chi connectivity index (χ1) is 9.33. The van der Waals surface area contributed by atoms with E-state index in [-0.39, 0.29) is 0 Å². The van der Waals surface area contributed by atoms with E-state index >= 15 is 0 Å². The Balaban J connectivity index is 1.70. The lowest BCUT2D eigenvalue weighted by molar-refractivity contribution is 0.461. The van der Waals surface area contributed by atoms with Crippen LogP contribution in [0.25, 0.3) is 0 Å². The van der Waals surface area contributed by atoms with Crippen molar-refractivity contribution in [1.29, 1.82) is 0 Å². The molecule has 1 heterocycles. The van der Waals surface area contributed by atoms with E-state index in [0.717, 1.165) is 12.5 Å². The van der Waals surface area contributed by atoms with Crippen LogP contribution in [0, 0.1) is 0 Å². The summed E-state index contributed by atoms with van der Waals surface area (Å²) in [4.78, 5) is 4.50. The molecular formula is C16H20N2S. The highest BCUT2D eigenvalue weighted by molar-refractivity contribution is 7.09. The van der Waals surface area contributed by atoms with Crippen LogP contribution in [-0.4, -0.2) is 11.0 Å². The Bertz CT molecular complexity index is 491. The van der Waals surface area contributed by atoms with Gasteiger partial charge in [0.1, 0.15) is 5.01 Å². The number of rotatable bonds is 6. The average Bonchev–Trinajstić information content (AvgIpc) is 3.09. The van der Waals surface area contributed by atoms with Gasteiger partial charge in [0.25, 0.3) is 0 Å². The molecule has 3 heteroatoms. The Labute approximate surface area is 118 Å². The molecule has 0 amide bonds. The highest BCUT2D eigenvalue weighted by Gasteiger charge is 2.27. The number of nitrogens with one attached hydrogen (secondary N) is 1. The second-order valence-electron chi connectivity index (χ2n) is 5.41. The van der Waals surface area contributed by atoms with Gasteiger partial charge in [-0.1, -0.05) is 37.3 Å². The molecule has 1 aromatic heterocycles. The standard InChI is InChI=1S/C16H20N2S/c1-12(13-5-3-2-4-6-13)11-15(18-14-7-8-14)16-17-9-10-19-16/h2-6,9-10,12,14-15,18H,7-8,11H2,1H3. The highest BCUT2D eigenvalue weighted by Crippen LogP contribution is 2.32. The lowest BCUT2D eigenvalue weighted by Gasteiger charge is -2.21. The summed E-state index contributed by atoms with van der Waals surface area (Å²) in [6, 6.07) is 11.9. The summed E-state index contributed by atoms with van der Waals surface area (Å²) >= 11 is 1.76. The maximum Gasteiger partial charge on any atom is 0.110 e. The average molecular weight is 272 g/mol. The fourth-order valence-corrected chi connectivity index (χ4v) is 3.16. The van der Waals surface area contributed by atoms with Gasteiger partial charge in [0.15, 0.2) is 0 Å². The van der Waals surface area contributed by atoms with Crippen molar-refractivity contribution in [2.24, 2.45) is 0 Å². The summed E-state index contributed by atoms with van der Waals surface area (Å²) in [6.07, 6.45) is 5.67. The molecule has 1 saturated carbocycles. The van der Waals surface area contributed by atoms with Crippen LogP contribution in [0.1, 0.15) is 48.7 Å². The molecule has 3 rings (SSSR count). The van der Waals surface area contributed by atoms with Crippen molar-refractivity contribution in [2.75, 3.05) is 0 Å². The van der Waals surface area contributed by atoms with E-state index in [9.17, 15) is 0 Å². The molecule has 2 nitrogen and oxygen atoms in total. The Kier molecular flexibility index (Phi) is 3.95. The van der Waals surface area contributed by atoms with Crippen molar-refractivity contribution in [2.45, 2.75) is 44.2 Å². The molecule has 1 aliphatic carbocycles. The predicted octanol–water partition coefficient (Wildman–Crippen LogP) is 4.13. The van der Waals surface area contributed by atoms with Gasteiger partial charge >= 0.3 is 0 Å². The molecule has 0 bridgehead atoms. The Morgan fingerprint density at radius 3 is 2.74 bits per heavy atom. The second-order valence-corrected chi connectivity index (χ2v) is 6.34. The summed E-state index contributed by atoms with van der Waals surface area (Å²) in [5.41, 5.74) is 1.42. The maximum atomic E-state index is 4.50. The second kappa shape index (κ2) is 5.85. The van der Waals surface area contributed by atoms with Crippen LogP contribution >= 0.6 is 11.3 Å². The minimum atomic E-state index is 0.405. The molecule has 0 saturated heterocycles. The van der Waals surface area contributed by atoms with E-state index < -0.39 is 0 Å². The lowest BCUT2D eigenvalue weighted by Crippen LogP contribution is -2.24. The summed E-state index contributed by atoms with van der Waals surface area (Å²) < 4.78 is 0. The van der Waals surface area contributed by atoms with Gasteiger partial charge in [-0.15, -0.1) is 11.3 Å². The molecule has 0 aliphatic heterocycles. The number of hydrogen-bond acceptors (Lipinski definition) is 3. The first-order valence-corrected chi connectivity index (χ1v) is 7.91. The number of nitrogens with zero attached hydrogens (tertiary/aromatic N) is 1. The topological polar surface area (TPSA) is 24.9 Å². The molecule has 0 spiro atoms. The zero-order valence-electron chi connectivity index (χ0n) is 11.3. The largest absolute Gasteiger partial charge is 0.305 e. The number of benzene rings is 1. The quantitative estimate of drug-likeness (QED) is 0.855. The third-order valence-corrected chi connectivity index (χ3v) is 4.61. The van der Waals surface area contributed by atoms with Gasteiger partial charge < -0.3 is 5.32 Å². The minimum absolute atomic E-state index is 0.405. The predicted molar refractivity (Wildman–Crippen MR) is 80.5 cm³/mol. The fraction of sp³-hybridized carbons (Fsp3) is 0.438. The summed E-state index contributed by atoms with van der Waals surface area (Å²) in [6.45, 7) is 2.31. The molecule has 1 fully saturated rings. The monoisotopic (exact) mass is 272 g/mol. The zero-order chi connectivity index (χ0) is 13.1. The summed E-state index contributed by atoms with van der Waals surface area (Å²) in [5.74, 6) is 0.557. The van der Waals surface area contributed by atoms with Crippen LogP contribution in [0.15, 0.2) is 41.9 Å². The minimum Gasteiger partial charge on any atom is -0.305 e. The first-order valence-electron chi connectivity index (χ1n) is 7.03. The smallest absolute Gasteiger partial charge is 0.110 e. The van der Waals surface area contributed by atoms with E-state index in [1.54, 1.807) is 11.3 Å². The molecule has 100 valence electrons. The fourth-order valence-electron chi connectivity index (χ4n) is 2.45. The SMILES string of the molecule is CC(CC(NC1CC1)c1nccs1)c1ccccc1. The van der Waals surface area contributed by atoms with Gasteiger partial charge in [-0.25, -0.2) is 4.98 Å². The molecule has 19 heavy (non-hydrogen) atoms. The van der Waals surface area contributed by atoms with Crippen LogP contribution in [0.4, 0.5) is 0 Å². The molecule has 2 unspecified atom stereocenters. The van der Waals surface area contributed by atoms with Crippen LogP contribution in [0.5, 0.6) is 0 Å². The van der Waals surface area contributed by atoms with Crippen molar-refractivity contribution >= 4 is 11.3 Å². The van der Waals surface area contributed by atoms with E-state index in [2.05, 4.69) is 52.9 Å². The van der Waals surface area contributed by atoms with Gasteiger partial charge in [0.2, 0.25) is 0 Å². The Hall–Kier alpha value is -1.19. The van der Waals surface area contributed by atoms with Gasteiger partial charge in [0.05, 0.1) is 6.04 Å². The lowest BCUT2D eigenvalue weighted by atomic mass is 9.94. The Morgan fingerprint density at radius 1 is 1.32 bits per heavy atom. The first kappa shape index (κ1) is 12.8.